The Morgan fingerprint density at radius 1 is 1.10 bits per heavy atom. The van der Waals surface area contributed by atoms with Crippen LogP contribution in [0.25, 0.3) is 0 Å². The number of benzene rings is 2. The third kappa shape index (κ3) is 9.60. The van der Waals surface area contributed by atoms with E-state index in [1.54, 1.807) is 24.3 Å². The van der Waals surface area contributed by atoms with Gasteiger partial charge >= 0.3 is 12.6 Å². The monoisotopic (exact) mass is 644 g/mol. The summed E-state index contributed by atoms with van der Waals surface area (Å²) >= 11 is 12.6. The lowest BCUT2D eigenvalue weighted by Gasteiger charge is -2.21. The fraction of sp³-hybridized carbons (Fsp3) is 0.357. The normalized spacial score (nSPS) is 14.0. The Morgan fingerprint density at radius 3 is 2.36 bits per heavy atom. The first-order chi connectivity index (χ1) is 19.9. The molecule has 4 rings (SSSR count). The molecule has 2 aromatic carbocycles. The summed E-state index contributed by atoms with van der Waals surface area (Å²) in [7, 11) is -3.42. The van der Waals surface area contributed by atoms with Crippen LogP contribution in [0.2, 0.25) is 10.0 Å². The van der Waals surface area contributed by atoms with Gasteiger partial charge in [-0.1, -0.05) is 41.4 Å². The lowest BCUT2D eigenvalue weighted by molar-refractivity contribution is -0.605. The predicted molar refractivity (Wildman–Crippen MR) is 152 cm³/mol. The molecule has 1 heterocycles. The van der Waals surface area contributed by atoms with Crippen LogP contribution in [-0.2, 0) is 32.4 Å². The van der Waals surface area contributed by atoms with E-state index in [4.69, 9.17) is 32.7 Å². The second kappa shape index (κ2) is 13.7. The number of halogens is 4. The third-order valence-corrected chi connectivity index (χ3v) is 7.58. The van der Waals surface area contributed by atoms with Gasteiger partial charge in [-0.3, -0.25) is 9.52 Å². The molecule has 1 atom stereocenters. The van der Waals surface area contributed by atoms with Crippen molar-refractivity contribution in [2.45, 2.75) is 44.8 Å². The van der Waals surface area contributed by atoms with Gasteiger partial charge in [-0.15, -0.1) is 0 Å². The van der Waals surface area contributed by atoms with Gasteiger partial charge in [0.25, 0.3) is 0 Å². The van der Waals surface area contributed by atoms with Crippen molar-refractivity contribution in [3.63, 3.8) is 0 Å². The van der Waals surface area contributed by atoms with Gasteiger partial charge in [0.1, 0.15) is 16.1 Å². The van der Waals surface area contributed by atoms with Gasteiger partial charge in [0, 0.05) is 24.1 Å². The summed E-state index contributed by atoms with van der Waals surface area (Å²) in [5.41, 5.74) is 1.92. The van der Waals surface area contributed by atoms with E-state index >= 15 is 0 Å². The minimum Gasteiger partial charge on any atom is -0.619 e. The van der Waals surface area contributed by atoms with Crippen LogP contribution in [-0.4, -0.2) is 33.9 Å². The molecule has 0 radical (unpaired) electrons. The molecule has 226 valence electrons. The average molecular weight is 646 g/mol. The molecule has 0 bridgehead atoms. The van der Waals surface area contributed by atoms with E-state index in [1.165, 1.54) is 18.2 Å². The predicted octanol–water partition coefficient (Wildman–Crippen LogP) is 5.85. The number of hydrogen-bond acceptors (Lipinski definition) is 7. The Kier molecular flexibility index (Phi) is 10.3. The van der Waals surface area contributed by atoms with Gasteiger partial charge in [0.2, 0.25) is 10.0 Å². The summed E-state index contributed by atoms with van der Waals surface area (Å²) in [5, 5.41) is 11.9. The van der Waals surface area contributed by atoms with Crippen LogP contribution in [0.1, 0.15) is 42.1 Å². The largest absolute Gasteiger partial charge is 0.619 e. The summed E-state index contributed by atoms with van der Waals surface area (Å²) in [6.07, 6.45) is 4.52. The van der Waals surface area contributed by atoms with Crippen LogP contribution in [0.4, 0.5) is 14.5 Å². The second-order valence-corrected chi connectivity index (χ2v) is 12.4. The first-order valence-corrected chi connectivity index (χ1v) is 15.6. The fourth-order valence-corrected chi connectivity index (χ4v) is 5.24. The van der Waals surface area contributed by atoms with Crippen molar-refractivity contribution < 1.29 is 40.9 Å². The quantitative estimate of drug-likeness (QED) is 0.133. The number of aromatic nitrogens is 1. The molecule has 0 amide bonds. The van der Waals surface area contributed by atoms with E-state index in [9.17, 15) is 27.2 Å². The summed E-state index contributed by atoms with van der Waals surface area (Å²) in [5.74, 6) is -0.324. The van der Waals surface area contributed by atoms with E-state index in [0.717, 1.165) is 37.1 Å². The molecule has 14 heteroatoms. The van der Waals surface area contributed by atoms with E-state index < -0.39 is 28.7 Å². The topological polar surface area (TPSA) is 118 Å². The lowest BCUT2D eigenvalue weighted by Crippen LogP contribution is -2.25. The molecule has 1 aromatic heterocycles. The van der Waals surface area contributed by atoms with E-state index in [0.29, 0.717) is 40.5 Å². The smallest absolute Gasteiger partial charge is 0.387 e. The number of alkyl halides is 2. The maximum Gasteiger partial charge on any atom is 0.387 e. The van der Waals surface area contributed by atoms with Crippen LogP contribution >= 0.6 is 23.2 Å². The number of carbonyl (C=O) groups excluding carboxylic acids is 1. The maximum atomic E-state index is 13.0. The number of nitrogens with one attached hydrogen (secondary N) is 1. The van der Waals surface area contributed by atoms with Crippen molar-refractivity contribution in [2.24, 2.45) is 5.92 Å². The number of carbonyl (C=O) groups is 1. The zero-order valence-electron chi connectivity index (χ0n) is 22.4. The van der Waals surface area contributed by atoms with Crippen LogP contribution in [0.5, 0.6) is 11.5 Å². The highest BCUT2D eigenvalue weighted by atomic mass is 35.5. The molecule has 9 nitrogen and oxygen atoms in total. The molecule has 0 spiro atoms. The molecule has 1 aliphatic carbocycles. The Bertz CT molecular complexity index is 1500. The summed E-state index contributed by atoms with van der Waals surface area (Å²) in [4.78, 5) is 13.0. The van der Waals surface area contributed by atoms with Gasteiger partial charge in [-0.2, -0.15) is 13.5 Å². The highest BCUT2D eigenvalue weighted by Gasteiger charge is 2.26. The van der Waals surface area contributed by atoms with Crippen LogP contribution in [0.3, 0.4) is 0 Å². The van der Waals surface area contributed by atoms with E-state index in [1.807, 2.05) is 0 Å². The third-order valence-electron chi connectivity index (χ3n) is 6.32. The molecule has 0 saturated heterocycles. The van der Waals surface area contributed by atoms with Crippen molar-refractivity contribution in [1.82, 2.24) is 0 Å². The van der Waals surface area contributed by atoms with Gasteiger partial charge in [-0.05, 0) is 60.6 Å². The minimum absolute atomic E-state index is 0.0206. The molecular formula is C28H28Cl2F2N2O7S. The first-order valence-electron chi connectivity index (χ1n) is 12.9. The molecule has 1 N–H and O–H groups in total. The molecule has 3 aromatic rings. The van der Waals surface area contributed by atoms with Crippen molar-refractivity contribution in [2.75, 3.05) is 17.6 Å². The number of sulfonamides is 1. The van der Waals surface area contributed by atoms with Crippen molar-refractivity contribution in [3.8, 4) is 11.5 Å². The highest BCUT2D eigenvalue weighted by molar-refractivity contribution is 7.92. The summed E-state index contributed by atoms with van der Waals surface area (Å²) in [6.45, 7) is -2.74. The zero-order chi connectivity index (χ0) is 30.4. The highest BCUT2D eigenvalue weighted by Crippen LogP contribution is 2.38. The second-order valence-electron chi connectivity index (χ2n) is 9.89. The van der Waals surface area contributed by atoms with Crippen molar-refractivity contribution in [3.05, 3.63) is 86.8 Å². The Balaban J connectivity index is 1.55. The van der Waals surface area contributed by atoms with Crippen molar-refractivity contribution in [1.29, 1.82) is 0 Å². The Morgan fingerprint density at radius 2 is 1.76 bits per heavy atom. The standard InChI is InChI=1S/C28H28Cl2F2N2O7S/c1-42(37,38)33-20-8-4-17(5-9-20)6-11-27(35)40-25(13-21-22(29)14-34(36)15-23(21)30)19-7-10-24(41-28(31)32)26(12-19)39-16-18-2-3-18/h4-5,7-10,12,14-15,18,25,28,33H,2-3,6,11,13,16H2,1H3/t25-/m0/s1. The van der Waals surface area contributed by atoms with Gasteiger partial charge in [0.15, 0.2) is 23.9 Å². The molecule has 0 unspecified atom stereocenters. The van der Waals surface area contributed by atoms with Crippen LogP contribution < -0.4 is 18.9 Å². The number of aryl methyl sites for hydroxylation is 1. The molecule has 0 aliphatic heterocycles. The number of rotatable bonds is 14. The number of esters is 1. The number of anilines is 1. The lowest BCUT2D eigenvalue weighted by atomic mass is 10.0. The Hall–Kier alpha value is -3.35. The molecule has 1 aliphatic rings. The SMILES string of the molecule is CS(=O)(=O)Nc1ccc(CCC(=O)O[C@@H](Cc2c(Cl)c[n+]([O-])cc2Cl)c2ccc(OC(F)F)c(OCC3CC3)c2)cc1. The molecule has 1 saturated carbocycles. The van der Waals surface area contributed by atoms with Crippen molar-refractivity contribution >= 4 is 44.9 Å². The van der Waals surface area contributed by atoms with Gasteiger partial charge in [0.05, 0.1) is 12.9 Å². The zero-order valence-corrected chi connectivity index (χ0v) is 24.7. The number of pyridine rings is 1. The summed E-state index contributed by atoms with van der Waals surface area (Å²) in [6, 6.07) is 10.8. The number of nitrogens with zero attached hydrogens (tertiary/aromatic N) is 1. The Labute approximate surface area is 251 Å². The van der Waals surface area contributed by atoms with Crippen LogP contribution in [0.15, 0.2) is 54.9 Å². The van der Waals surface area contributed by atoms with Crippen LogP contribution in [0, 0.1) is 11.1 Å². The van der Waals surface area contributed by atoms with Gasteiger partial charge < -0.3 is 19.4 Å². The first kappa shape index (κ1) is 31.6. The fourth-order valence-electron chi connectivity index (χ4n) is 4.08. The minimum atomic E-state index is -3.42. The molecule has 42 heavy (non-hydrogen) atoms. The van der Waals surface area contributed by atoms with Gasteiger partial charge in [-0.25, -0.2) is 8.42 Å². The van der Waals surface area contributed by atoms with E-state index in [2.05, 4.69) is 9.46 Å². The maximum absolute atomic E-state index is 13.0. The summed E-state index contributed by atoms with van der Waals surface area (Å²) < 4.78 is 67.9. The number of ether oxygens (including phenoxy) is 3. The number of hydrogen-bond donors (Lipinski definition) is 1. The molecule has 1 fully saturated rings. The van der Waals surface area contributed by atoms with E-state index in [-0.39, 0.29) is 34.4 Å². The molecular weight excluding hydrogens is 617 g/mol. The average Bonchev–Trinajstić information content (AvgIpc) is 3.72.